The second kappa shape index (κ2) is 10.2. The van der Waals surface area contributed by atoms with Gasteiger partial charge in [0.05, 0.1) is 33.1 Å². The Labute approximate surface area is 259 Å². The molecule has 0 amide bonds. The topological polar surface area (TPSA) is 38.9 Å². The Kier molecular flexibility index (Phi) is 5.74. The molecule has 0 unspecified atom stereocenters. The van der Waals surface area contributed by atoms with Crippen molar-refractivity contribution in [3.05, 3.63) is 164 Å². The lowest BCUT2D eigenvalue weighted by Gasteiger charge is -2.26. The van der Waals surface area contributed by atoms with Gasteiger partial charge in [-0.2, -0.15) is 0 Å². The summed E-state index contributed by atoms with van der Waals surface area (Å²) in [5.41, 5.74) is 12.0. The highest BCUT2D eigenvalue weighted by Gasteiger charge is 2.17. The average molecular weight is 578 g/mol. The van der Waals surface area contributed by atoms with Gasteiger partial charge in [-0.3, -0.25) is 9.97 Å². The molecule has 5 aromatic carbocycles. The Balaban J connectivity index is 1.15. The number of rotatable bonds is 5. The smallest absolute Gasteiger partial charge is 0.0963 e. The van der Waals surface area contributed by atoms with Crippen molar-refractivity contribution in [1.29, 1.82) is 0 Å². The highest BCUT2D eigenvalue weighted by Crippen LogP contribution is 2.38. The number of benzene rings is 5. The highest BCUT2D eigenvalue weighted by atomic mass is 15.1. The van der Waals surface area contributed by atoms with Crippen molar-refractivity contribution in [2.24, 2.45) is 0 Å². The maximum Gasteiger partial charge on any atom is 0.0963 e. The maximum atomic E-state index is 4.71. The number of pyridine rings is 2. The molecule has 0 saturated heterocycles. The van der Waals surface area contributed by atoms with E-state index in [1.807, 2.05) is 24.5 Å². The van der Waals surface area contributed by atoms with Gasteiger partial charge in [0.25, 0.3) is 0 Å². The molecule has 0 atom stereocenters. The first-order valence-corrected chi connectivity index (χ1v) is 15.1. The Bertz CT molecular complexity index is 2210. The molecule has 0 aliphatic carbocycles. The van der Waals surface area contributed by atoms with Crippen molar-refractivity contribution in [2.75, 3.05) is 4.90 Å². The van der Waals surface area contributed by atoms with E-state index >= 15 is 0 Å². The highest BCUT2D eigenvalue weighted by molar-refractivity contribution is 6.08. The molecule has 9 rings (SSSR count). The van der Waals surface area contributed by atoms with E-state index in [2.05, 4.69) is 154 Å². The van der Waals surface area contributed by atoms with Crippen LogP contribution in [0.5, 0.6) is 0 Å². The molecule has 0 radical (unpaired) electrons. The summed E-state index contributed by atoms with van der Waals surface area (Å²) in [4.78, 5) is 11.7. The molecule has 45 heavy (non-hydrogen) atoms. The summed E-state index contributed by atoms with van der Waals surface area (Å²) in [6.07, 6.45) is 3.73. The molecule has 0 aliphatic heterocycles. The van der Waals surface area contributed by atoms with Crippen LogP contribution in [0.25, 0.3) is 55.2 Å². The molecular weight excluding hydrogens is 550 g/mol. The third-order valence-electron chi connectivity index (χ3n) is 8.60. The molecule has 0 bridgehead atoms. The third kappa shape index (κ3) is 4.02. The monoisotopic (exact) mass is 577 g/mol. The van der Waals surface area contributed by atoms with Gasteiger partial charge in [0.15, 0.2) is 0 Å². The fourth-order valence-corrected chi connectivity index (χ4v) is 6.65. The number of hydrogen-bond donors (Lipinski definition) is 0. The van der Waals surface area contributed by atoms with E-state index in [4.69, 9.17) is 9.97 Å². The minimum absolute atomic E-state index is 1.02. The van der Waals surface area contributed by atoms with E-state index in [0.717, 1.165) is 72.3 Å². The molecular formula is C40H27N5. The first kappa shape index (κ1) is 25.3. The average Bonchev–Trinajstić information content (AvgIpc) is 3.63. The Hall–Kier alpha value is -6.20. The lowest BCUT2D eigenvalue weighted by molar-refractivity contribution is 1.16. The minimum Gasteiger partial charge on any atom is -0.311 e. The van der Waals surface area contributed by atoms with Crippen molar-refractivity contribution < 1.29 is 0 Å². The molecule has 0 N–H and O–H groups in total. The van der Waals surface area contributed by atoms with Crippen LogP contribution >= 0.6 is 0 Å². The molecule has 4 heterocycles. The lowest BCUT2D eigenvalue weighted by Crippen LogP contribution is -2.10. The summed E-state index contributed by atoms with van der Waals surface area (Å²) in [6, 6.07) is 53.3. The summed E-state index contributed by atoms with van der Waals surface area (Å²) in [7, 11) is 0. The van der Waals surface area contributed by atoms with Gasteiger partial charge >= 0.3 is 0 Å². The summed E-state index contributed by atoms with van der Waals surface area (Å²) < 4.78 is 4.59. The van der Waals surface area contributed by atoms with E-state index in [1.54, 1.807) is 0 Å². The number of nitrogens with zero attached hydrogens (tertiary/aromatic N) is 5. The largest absolute Gasteiger partial charge is 0.311 e. The molecule has 212 valence electrons. The molecule has 9 aromatic rings. The van der Waals surface area contributed by atoms with Gasteiger partial charge in [0.1, 0.15) is 0 Å². The second-order valence-electron chi connectivity index (χ2n) is 11.2. The lowest BCUT2D eigenvalue weighted by atomic mass is 10.1. The summed E-state index contributed by atoms with van der Waals surface area (Å²) in [5.74, 6) is 0. The van der Waals surface area contributed by atoms with Crippen molar-refractivity contribution in [2.45, 2.75) is 0 Å². The van der Waals surface area contributed by atoms with Crippen LogP contribution in [0, 0.1) is 0 Å². The number of fused-ring (bicyclic) bond motifs is 6. The standard InChI is InChI=1S/C40H27N5/c1-2-10-28(11-3-1)43(29-18-22-31(23-19-29)44-35-14-6-4-12-33(35)39-37(44)16-8-26-41-39)30-20-24-32(25-21-30)45-36-15-7-5-13-34(36)40-38(45)17-9-27-42-40/h1-27H. The molecule has 0 fully saturated rings. The number of hydrogen-bond acceptors (Lipinski definition) is 3. The Morgan fingerprint density at radius 3 is 1.24 bits per heavy atom. The summed E-state index contributed by atoms with van der Waals surface area (Å²) in [5, 5.41) is 2.31. The molecule has 0 spiro atoms. The first-order chi connectivity index (χ1) is 22.3. The van der Waals surface area contributed by atoms with Crippen LogP contribution in [0.15, 0.2) is 164 Å². The van der Waals surface area contributed by atoms with Crippen molar-refractivity contribution >= 4 is 60.9 Å². The molecule has 0 saturated carbocycles. The number of aromatic nitrogens is 4. The van der Waals surface area contributed by atoms with Gasteiger partial charge in [0.2, 0.25) is 0 Å². The van der Waals surface area contributed by atoms with Crippen molar-refractivity contribution in [3.63, 3.8) is 0 Å². The van der Waals surface area contributed by atoms with E-state index in [-0.39, 0.29) is 0 Å². The van der Waals surface area contributed by atoms with Crippen LogP contribution < -0.4 is 4.90 Å². The Morgan fingerprint density at radius 1 is 0.356 bits per heavy atom. The van der Waals surface area contributed by atoms with Gasteiger partial charge in [-0.05, 0) is 97.1 Å². The van der Waals surface area contributed by atoms with E-state index < -0.39 is 0 Å². The summed E-state index contributed by atoms with van der Waals surface area (Å²) in [6.45, 7) is 0. The van der Waals surface area contributed by atoms with Crippen LogP contribution in [0.4, 0.5) is 17.1 Å². The minimum atomic E-state index is 1.02. The van der Waals surface area contributed by atoms with Gasteiger partial charge < -0.3 is 14.0 Å². The molecule has 5 heteroatoms. The molecule has 0 aliphatic rings. The van der Waals surface area contributed by atoms with Crippen LogP contribution in [0.2, 0.25) is 0 Å². The third-order valence-corrected chi connectivity index (χ3v) is 8.60. The first-order valence-electron chi connectivity index (χ1n) is 15.1. The van der Waals surface area contributed by atoms with Crippen LogP contribution in [-0.2, 0) is 0 Å². The van der Waals surface area contributed by atoms with Crippen molar-refractivity contribution in [3.8, 4) is 11.4 Å². The number of para-hydroxylation sites is 3. The zero-order valence-corrected chi connectivity index (χ0v) is 24.3. The van der Waals surface area contributed by atoms with Gasteiger partial charge in [0, 0.05) is 51.6 Å². The zero-order valence-electron chi connectivity index (χ0n) is 24.3. The van der Waals surface area contributed by atoms with Gasteiger partial charge in [-0.15, -0.1) is 0 Å². The van der Waals surface area contributed by atoms with E-state index in [0.29, 0.717) is 0 Å². The number of anilines is 3. The molecule has 5 nitrogen and oxygen atoms in total. The summed E-state index contributed by atoms with van der Waals surface area (Å²) >= 11 is 0. The SMILES string of the molecule is c1ccc(N(c2ccc(-n3c4ccccc4c4ncccc43)cc2)c2ccc(-n3c4ccccc4c4ncccc43)cc2)cc1. The van der Waals surface area contributed by atoms with Crippen LogP contribution in [-0.4, -0.2) is 19.1 Å². The van der Waals surface area contributed by atoms with Gasteiger partial charge in [-0.25, -0.2) is 0 Å². The fraction of sp³-hybridized carbons (Fsp3) is 0. The fourth-order valence-electron chi connectivity index (χ4n) is 6.65. The Morgan fingerprint density at radius 2 is 0.756 bits per heavy atom. The predicted octanol–water partition coefficient (Wildman–Crippen LogP) is 10.1. The molecule has 4 aromatic heterocycles. The van der Waals surface area contributed by atoms with Crippen molar-refractivity contribution in [1.82, 2.24) is 19.1 Å². The normalized spacial score (nSPS) is 11.6. The predicted molar refractivity (Wildman–Crippen MR) is 185 cm³/mol. The van der Waals surface area contributed by atoms with Crippen LogP contribution in [0.1, 0.15) is 0 Å². The quantitative estimate of drug-likeness (QED) is 0.204. The maximum absolute atomic E-state index is 4.71. The van der Waals surface area contributed by atoms with Gasteiger partial charge in [-0.1, -0.05) is 54.6 Å². The zero-order chi connectivity index (χ0) is 29.7. The second-order valence-corrected chi connectivity index (χ2v) is 11.2. The van der Waals surface area contributed by atoms with Crippen LogP contribution in [0.3, 0.4) is 0 Å². The van der Waals surface area contributed by atoms with E-state index in [1.165, 1.54) is 0 Å². The van der Waals surface area contributed by atoms with E-state index in [9.17, 15) is 0 Å².